The van der Waals surface area contributed by atoms with Crippen molar-refractivity contribution < 1.29 is 9.84 Å². The molecule has 22 heavy (non-hydrogen) atoms. The van der Waals surface area contributed by atoms with Gasteiger partial charge in [-0.05, 0) is 63.8 Å². The number of aliphatic hydroxyl groups excluding tert-OH is 1. The van der Waals surface area contributed by atoms with Crippen LogP contribution in [0.1, 0.15) is 65.9 Å². The molecule has 1 rings (SSSR count). The van der Waals surface area contributed by atoms with E-state index in [1.807, 2.05) is 45.0 Å². The normalized spacial score (nSPS) is 13.9. The minimum absolute atomic E-state index is 0.197. The third-order valence-electron chi connectivity index (χ3n) is 3.54. The molecule has 0 saturated carbocycles. The molecule has 0 aromatic heterocycles. The van der Waals surface area contributed by atoms with Crippen LogP contribution >= 0.6 is 0 Å². The van der Waals surface area contributed by atoms with Crippen molar-refractivity contribution in [2.45, 2.75) is 72.0 Å². The topological polar surface area (TPSA) is 29.5 Å². The molecule has 2 atom stereocenters. The second-order valence-electron chi connectivity index (χ2n) is 6.76. The number of unbranched alkanes of at least 4 members (excludes halogenated alkanes) is 1. The van der Waals surface area contributed by atoms with E-state index in [1.165, 1.54) is 0 Å². The van der Waals surface area contributed by atoms with Gasteiger partial charge in [0.2, 0.25) is 0 Å². The number of hydrogen-bond donors (Lipinski definition) is 1. The van der Waals surface area contributed by atoms with Gasteiger partial charge < -0.3 is 9.84 Å². The van der Waals surface area contributed by atoms with Crippen LogP contribution in [0.4, 0.5) is 0 Å². The number of hydrogen-bond acceptors (Lipinski definition) is 2. The molecule has 2 heteroatoms. The maximum absolute atomic E-state index is 10.2. The molecular weight excluding hydrogens is 272 g/mol. The third-order valence-corrected chi connectivity index (χ3v) is 3.54. The molecule has 0 aliphatic heterocycles. The lowest BCUT2D eigenvalue weighted by Crippen LogP contribution is -2.22. The van der Waals surface area contributed by atoms with E-state index < -0.39 is 6.10 Å². The van der Waals surface area contributed by atoms with Crippen molar-refractivity contribution >= 4 is 0 Å². The molecule has 122 valence electrons. The first-order valence-corrected chi connectivity index (χ1v) is 8.34. The Morgan fingerprint density at radius 3 is 2.27 bits per heavy atom. The van der Waals surface area contributed by atoms with Crippen LogP contribution in [0.3, 0.4) is 0 Å². The lowest BCUT2D eigenvalue weighted by molar-refractivity contribution is 0.131. The Morgan fingerprint density at radius 1 is 1.14 bits per heavy atom. The highest BCUT2D eigenvalue weighted by molar-refractivity contribution is 5.39. The van der Waals surface area contributed by atoms with E-state index >= 15 is 0 Å². The van der Waals surface area contributed by atoms with Gasteiger partial charge in [-0.2, -0.15) is 0 Å². The largest absolute Gasteiger partial charge is 0.488 e. The molecule has 0 heterocycles. The average molecular weight is 302 g/mol. The number of ether oxygens (including phenoxy) is 1. The molecule has 0 saturated heterocycles. The molecule has 0 amide bonds. The standard InChI is InChI=1S/C20H30O2/c1-6-8-9-17(7-2)19(21)15-12-16-10-13-18(14-11-16)22-20(3,4)5/h10-11,13-14,17,19,21H,6-9H2,1-5H3. The molecule has 1 N–H and O–H groups in total. The highest BCUT2D eigenvalue weighted by Crippen LogP contribution is 2.19. The van der Waals surface area contributed by atoms with Crippen molar-refractivity contribution in [3.05, 3.63) is 29.8 Å². The van der Waals surface area contributed by atoms with E-state index in [2.05, 4.69) is 25.7 Å². The van der Waals surface area contributed by atoms with Gasteiger partial charge in [-0.25, -0.2) is 0 Å². The van der Waals surface area contributed by atoms with Crippen LogP contribution in [0, 0.1) is 17.8 Å². The summed E-state index contributed by atoms with van der Waals surface area (Å²) < 4.78 is 5.78. The SMILES string of the molecule is CCCCC(CC)C(O)C#Cc1ccc(OC(C)(C)C)cc1. The van der Waals surface area contributed by atoms with Crippen LogP contribution in [-0.4, -0.2) is 16.8 Å². The van der Waals surface area contributed by atoms with Gasteiger partial charge >= 0.3 is 0 Å². The Bertz CT molecular complexity index is 485. The van der Waals surface area contributed by atoms with Crippen LogP contribution in [0.15, 0.2) is 24.3 Å². The second-order valence-corrected chi connectivity index (χ2v) is 6.76. The monoisotopic (exact) mass is 302 g/mol. The van der Waals surface area contributed by atoms with Crippen molar-refractivity contribution in [3.63, 3.8) is 0 Å². The quantitative estimate of drug-likeness (QED) is 0.765. The van der Waals surface area contributed by atoms with Crippen LogP contribution in [0.2, 0.25) is 0 Å². The Balaban J connectivity index is 2.67. The highest BCUT2D eigenvalue weighted by atomic mass is 16.5. The molecule has 0 fully saturated rings. The number of aliphatic hydroxyl groups is 1. The summed E-state index contributed by atoms with van der Waals surface area (Å²) in [5.41, 5.74) is 0.711. The molecule has 0 aliphatic carbocycles. The van der Waals surface area contributed by atoms with Gasteiger partial charge in [0.25, 0.3) is 0 Å². The van der Waals surface area contributed by atoms with Crippen LogP contribution in [-0.2, 0) is 0 Å². The van der Waals surface area contributed by atoms with Crippen LogP contribution in [0.5, 0.6) is 5.75 Å². The molecule has 0 spiro atoms. The smallest absolute Gasteiger partial charge is 0.120 e. The predicted octanol–water partition coefficient (Wildman–Crippen LogP) is 4.79. The number of rotatable bonds is 6. The van der Waals surface area contributed by atoms with E-state index in [9.17, 15) is 5.11 Å². The Morgan fingerprint density at radius 2 is 1.77 bits per heavy atom. The first-order valence-electron chi connectivity index (χ1n) is 8.34. The Kier molecular flexibility index (Phi) is 7.48. The van der Waals surface area contributed by atoms with Gasteiger partial charge in [-0.1, -0.05) is 38.5 Å². The average Bonchev–Trinajstić information content (AvgIpc) is 2.45. The maximum Gasteiger partial charge on any atom is 0.120 e. The fraction of sp³-hybridized carbons (Fsp3) is 0.600. The number of benzene rings is 1. The zero-order valence-electron chi connectivity index (χ0n) is 14.6. The molecular formula is C20H30O2. The zero-order valence-corrected chi connectivity index (χ0v) is 14.6. The zero-order chi connectivity index (χ0) is 16.6. The summed E-state index contributed by atoms with van der Waals surface area (Å²) in [5.74, 6) is 7.18. The lowest BCUT2D eigenvalue weighted by atomic mass is 9.93. The minimum Gasteiger partial charge on any atom is -0.488 e. The van der Waals surface area contributed by atoms with E-state index in [-0.39, 0.29) is 11.5 Å². The third kappa shape index (κ3) is 7.00. The van der Waals surface area contributed by atoms with Gasteiger partial charge in [0.15, 0.2) is 0 Å². The summed E-state index contributed by atoms with van der Waals surface area (Å²) in [7, 11) is 0. The summed E-state index contributed by atoms with van der Waals surface area (Å²) in [6, 6.07) is 7.73. The summed E-state index contributed by atoms with van der Waals surface area (Å²) >= 11 is 0. The van der Waals surface area contributed by atoms with Crippen molar-refractivity contribution in [2.24, 2.45) is 5.92 Å². The highest BCUT2D eigenvalue weighted by Gasteiger charge is 2.14. The van der Waals surface area contributed by atoms with Gasteiger partial charge in [-0.3, -0.25) is 0 Å². The Hall–Kier alpha value is -1.46. The molecule has 0 radical (unpaired) electrons. The molecule has 1 aromatic carbocycles. The first kappa shape index (κ1) is 18.6. The summed E-state index contributed by atoms with van der Waals surface area (Å²) in [6.07, 6.45) is 3.78. The maximum atomic E-state index is 10.2. The van der Waals surface area contributed by atoms with E-state index in [1.54, 1.807) is 0 Å². The van der Waals surface area contributed by atoms with Crippen LogP contribution in [0.25, 0.3) is 0 Å². The van der Waals surface area contributed by atoms with Crippen molar-refractivity contribution in [2.75, 3.05) is 0 Å². The Labute approximate surface area is 135 Å². The molecule has 2 unspecified atom stereocenters. The van der Waals surface area contributed by atoms with Gasteiger partial charge in [0.1, 0.15) is 17.5 Å². The lowest BCUT2D eigenvalue weighted by Gasteiger charge is -2.21. The van der Waals surface area contributed by atoms with Gasteiger partial charge in [0.05, 0.1) is 0 Å². The van der Waals surface area contributed by atoms with E-state index in [4.69, 9.17) is 4.74 Å². The van der Waals surface area contributed by atoms with E-state index in [0.29, 0.717) is 0 Å². The van der Waals surface area contributed by atoms with Crippen molar-refractivity contribution in [3.8, 4) is 17.6 Å². The van der Waals surface area contributed by atoms with E-state index in [0.717, 1.165) is 37.0 Å². The minimum atomic E-state index is -0.540. The molecule has 2 nitrogen and oxygen atoms in total. The fourth-order valence-electron chi connectivity index (χ4n) is 2.29. The molecule has 0 bridgehead atoms. The summed E-state index contributed by atoms with van der Waals surface area (Å²) in [4.78, 5) is 0. The summed E-state index contributed by atoms with van der Waals surface area (Å²) in [6.45, 7) is 10.4. The molecule has 0 aliphatic rings. The second kappa shape index (κ2) is 8.86. The van der Waals surface area contributed by atoms with Crippen LogP contribution < -0.4 is 4.74 Å². The first-order chi connectivity index (χ1) is 10.4. The van der Waals surface area contributed by atoms with Gasteiger partial charge in [0, 0.05) is 5.56 Å². The summed E-state index contributed by atoms with van der Waals surface area (Å²) in [5, 5.41) is 10.2. The molecule has 1 aromatic rings. The predicted molar refractivity (Wildman–Crippen MR) is 93.0 cm³/mol. The van der Waals surface area contributed by atoms with Crippen molar-refractivity contribution in [1.82, 2.24) is 0 Å². The fourth-order valence-corrected chi connectivity index (χ4v) is 2.29. The van der Waals surface area contributed by atoms with Crippen molar-refractivity contribution in [1.29, 1.82) is 0 Å². The van der Waals surface area contributed by atoms with Gasteiger partial charge in [-0.15, -0.1) is 0 Å².